The molecule has 0 fully saturated rings. The third-order valence-corrected chi connectivity index (χ3v) is 5.36. The van der Waals surface area contributed by atoms with Crippen LogP contribution in [0.1, 0.15) is 19.8 Å². The molecule has 0 saturated carbocycles. The monoisotopic (exact) mass is 363 g/mol. The molecular weight excluding hydrogens is 350 g/mol. The first-order chi connectivity index (χ1) is 9.08. The zero-order chi connectivity index (χ0) is 13.9. The Morgan fingerprint density at radius 1 is 1.42 bits per heavy atom. The zero-order valence-electron chi connectivity index (χ0n) is 10.3. The maximum Gasteiger partial charge on any atom is 0.243 e. The number of sulfonamides is 1. The highest BCUT2D eigenvalue weighted by molar-refractivity contribution is 9.09. The van der Waals surface area contributed by atoms with Gasteiger partial charge in [-0.1, -0.05) is 28.9 Å². The Bertz CT molecular complexity index is 639. The molecule has 19 heavy (non-hydrogen) atoms. The van der Waals surface area contributed by atoms with Gasteiger partial charge >= 0.3 is 0 Å². The van der Waals surface area contributed by atoms with E-state index in [9.17, 15) is 8.42 Å². The lowest BCUT2D eigenvalue weighted by Gasteiger charge is -2.16. The van der Waals surface area contributed by atoms with Crippen LogP contribution >= 0.6 is 15.9 Å². The van der Waals surface area contributed by atoms with E-state index in [-0.39, 0.29) is 10.9 Å². The van der Waals surface area contributed by atoms with Crippen molar-refractivity contribution in [1.29, 1.82) is 0 Å². The number of hydrogen-bond acceptors (Lipinski definition) is 4. The molecule has 1 aromatic rings. The second-order valence-corrected chi connectivity index (χ2v) is 7.10. The van der Waals surface area contributed by atoms with Crippen molar-refractivity contribution in [2.24, 2.45) is 8.73 Å². The normalized spacial score (nSPS) is 15.1. The zero-order valence-corrected chi connectivity index (χ0v) is 13.6. The molecule has 1 aromatic carbocycles. The summed E-state index contributed by atoms with van der Waals surface area (Å²) in [4.78, 5) is 0.201. The fourth-order valence-electron chi connectivity index (χ4n) is 1.76. The van der Waals surface area contributed by atoms with Crippen LogP contribution in [0.15, 0.2) is 31.8 Å². The van der Waals surface area contributed by atoms with Crippen molar-refractivity contribution in [3.05, 3.63) is 18.2 Å². The minimum Gasteiger partial charge on any atom is -0.208 e. The van der Waals surface area contributed by atoms with Crippen molar-refractivity contribution < 1.29 is 8.42 Å². The van der Waals surface area contributed by atoms with E-state index in [2.05, 4.69) is 29.4 Å². The summed E-state index contributed by atoms with van der Waals surface area (Å²) in [5.41, 5.74) is 1.05. The topological polar surface area (TPSA) is 70.9 Å². The Morgan fingerprint density at radius 2 is 2.21 bits per heavy atom. The predicted octanol–water partition coefficient (Wildman–Crippen LogP) is 3.25. The second-order valence-electron chi connectivity index (χ2n) is 4.09. The predicted molar refractivity (Wildman–Crippen MR) is 80.8 cm³/mol. The number of rotatable bonds is 6. The van der Waals surface area contributed by atoms with Gasteiger partial charge in [-0.25, -0.2) is 13.1 Å². The minimum atomic E-state index is -3.56. The Hall–Kier alpha value is -0.570. The first-order valence-corrected chi connectivity index (χ1v) is 9.21. The number of alkyl halides is 1. The van der Waals surface area contributed by atoms with Crippen LogP contribution in [0.4, 0.5) is 11.4 Å². The lowest BCUT2D eigenvalue weighted by atomic mass is 10.2. The summed E-state index contributed by atoms with van der Waals surface area (Å²) in [5.74, 6) is 0. The van der Waals surface area contributed by atoms with Gasteiger partial charge in [0.1, 0.15) is 16.3 Å². The van der Waals surface area contributed by atoms with E-state index in [0.717, 1.165) is 29.5 Å². The van der Waals surface area contributed by atoms with Gasteiger partial charge in [0.05, 0.1) is 11.4 Å². The van der Waals surface area contributed by atoms with Crippen LogP contribution in [0.5, 0.6) is 0 Å². The largest absolute Gasteiger partial charge is 0.243 e. The number of benzene rings is 1. The van der Waals surface area contributed by atoms with Crippen molar-refractivity contribution in [1.82, 2.24) is 4.72 Å². The standard InChI is InChI=1S/C11H14BrN3O2S2/c1-2-8(6-7-12)15-19(16,17)10-5-3-4-9-11(10)14-18-13-9/h3-5,8,15H,2,6-7H2,1H3. The first kappa shape index (κ1) is 14.8. The summed E-state index contributed by atoms with van der Waals surface area (Å²) in [7, 11) is -3.56. The highest BCUT2D eigenvalue weighted by Crippen LogP contribution is 2.37. The van der Waals surface area contributed by atoms with Gasteiger partial charge in [0.25, 0.3) is 0 Å². The fourth-order valence-corrected chi connectivity index (χ4v) is 4.43. The van der Waals surface area contributed by atoms with Gasteiger partial charge in [0, 0.05) is 11.4 Å². The van der Waals surface area contributed by atoms with Gasteiger partial charge in [-0.2, -0.15) is 8.73 Å². The van der Waals surface area contributed by atoms with Crippen LogP contribution in [0, 0.1) is 0 Å². The number of nitrogens with zero attached hydrogens (tertiary/aromatic N) is 2. The fraction of sp³-hybridized carbons (Fsp3) is 0.455. The molecule has 0 spiro atoms. The van der Waals surface area contributed by atoms with Crippen LogP contribution in [-0.4, -0.2) is 19.8 Å². The van der Waals surface area contributed by atoms with E-state index in [4.69, 9.17) is 0 Å². The average Bonchev–Trinajstić information content (AvgIpc) is 2.85. The molecule has 0 bridgehead atoms. The van der Waals surface area contributed by atoms with Crippen molar-refractivity contribution in [3.8, 4) is 0 Å². The third kappa shape index (κ3) is 3.31. The molecule has 104 valence electrons. The molecule has 2 rings (SSSR count). The number of nitrogens with one attached hydrogen (secondary N) is 1. The number of hydrogen-bond donors (Lipinski definition) is 1. The van der Waals surface area contributed by atoms with Crippen LogP contribution in [0.2, 0.25) is 0 Å². The number of fused-ring (bicyclic) bond motifs is 1. The Labute approximate surface area is 124 Å². The molecule has 1 N–H and O–H groups in total. The van der Waals surface area contributed by atoms with E-state index in [1.54, 1.807) is 18.2 Å². The molecule has 0 aromatic heterocycles. The number of halogens is 1. The molecule has 0 aliphatic carbocycles. The van der Waals surface area contributed by atoms with Gasteiger partial charge in [0.15, 0.2) is 0 Å². The molecule has 1 atom stereocenters. The third-order valence-electron chi connectivity index (χ3n) is 2.81. The molecule has 1 aliphatic heterocycles. The van der Waals surface area contributed by atoms with Gasteiger partial charge in [-0.05, 0) is 25.0 Å². The van der Waals surface area contributed by atoms with Crippen LogP contribution in [-0.2, 0) is 21.4 Å². The summed E-state index contributed by atoms with van der Waals surface area (Å²) >= 11 is 4.35. The lowest BCUT2D eigenvalue weighted by Crippen LogP contribution is -2.34. The van der Waals surface area contributed by atoms with Crippen molar-refractivity contribution in [2.75, 3.05) is 5.33 Å². The quantitative estimate of drug-likeness (QED) is 0.800. The smallest absolute Gasteiger partial charge is 0.208 e. The van der Waals surface area contributed by atoms with E-state index < -0.39 is 10.0 Å². The van der Waals surface area contributed by atoms with Crippen molar-refractivity contribution in [2.45, 2.75) is 30.7 Å². The molecular formula is C11H14BrN3O2S2. The Kier molecular flexibility index (Phi) is 4.88. The molecule has 0 amide bonds. The summed E-state index contributed by atoms with van der Waals surface area (Å²) in [6, 6.07) is 4.93. The van der Waals surface area contributed by atoms with Gasteiger partial charge < -0.3 is 0 Å². The molecule has 8 heteroatoms. The van der Waals surface area contributed by atoms with E-state index in [0.29, 0.717) is 11.4 Å². The van der Waals surface area contributed by atoms with Gasteiger partial charge in [0.2, 0.25) is 10.0 Å². The van der Waals surface area contributed by atoms with E-state index in [1.807, 2.05) is 6.92 Å². The van der Waals surface area contributed by atoms with Crippen LogP contribution < -0.4 is 4.72 Å². The maximum absolute atomic E-state index is 12.4. The maximum atomic E-state index is 12.4. The molecule has 1 unspecified atom stereocenters. The highest BCUT2D eigenvalue weighted by Gasteiger charge is 2.24. The van der Waals surface area contributed by atoms with E-state index >= 15 is 0 Å². The minimum absolute atomic E-state index is 0.0776. The molecule has 1 heterocycles. The lowest BCUT2D eigenvalue weighted by molar-refractivity contribution is 0.533. The molecule has 1 aliphatic rings. The van der Waals surface area contributed by atoms with Crippen LogP contribution in [0.3, 0.4) is 0 Å². The van der Waals surface area contributed by atoms with E-state index in [1.165, 1.54) is 0 Å². The van der Waals surface area contributed by atoms with Crippen molar-refractivity contribution in [3.63, 3.8) is 0 Å². The Balaban J connectivity index is 2.31. The Morgan fingerprint density at radius 3 is 2.89 bits per heavy atom. The summed E-state index contributed by atoms with van der Waals surface area (Å²) in [6.07, 6.45) is 1.50. The van der Waals surface area contributed by atoms with Crippen molar-refractivity contribution >= 4 is 48.7 Å². The summed E-state index contributed by atoms with van der Waals surface area (Å²) in [5, 5.41) is 0.760. The average molecular weight is 364 g/mol. The molecule has 0 radical (unpaired) electrons. The van der Waals surface area contributed by atoms with Gasteiger partial charge in [-0.3, -0.25) is 0 Å². The first-order valence-electron chi connectivity index (χ1n) is 5.88. The molecule has 0 saturated heterocycles. The summed E-state index contributed by atoms with van der Waals surface area (Å²) in [6.45, 7) is 1.96. The second kappa shape index (κ2) is 6.25. The van der Waals surface area contributed by atoms with Gasteiger partial charge in [-0.15, -0.1) is 0 Å². The SMILES string of the molecule is CCC(CCBr)NS(=O)(=O)c1cccc2c1N=S=N2. The summed E-state index contributed by atoms with van der Waals surface area (Å²) < 4.78 is 35.6. The molecule has 5 nitrogen and oxygen atoms in total. The highest BCUT2D eigenvalue weighted by atomic mass is 79.9. The van der Waals surface area contributed by atoms with Crippen LogP contribution in [0.25, 0.3) is 0 Å².